The van der Waals surface area contributed by atoms with Gasteiger partial charge in [-0.15, -0.1) is 16.4 Å². The van der Waals surface area contributed by atoms with Crippen LogP contribution in [0.15, 0.2) is 34.2 Å². The van der Waals surface area contributed by atoms with Gasteiger partial charge in [0.25, 0.3) is 11.5 Å². The molecule has 0 saturated carbocycles. The molecule has 3 heterocycles. The summed E-state index contributed by atoms with van der Waals surface area (Å²) in [7, 11) is 0. The molecular weight excluding hydrogens is 398 g/mol. The van der Waals surface area contributed by atoms with Crippen LogP contribution >= 0.6 is 22.9 Å². The van der Waals surface area contributed by atoms with Gasteiger partial charge in [0, 0.05) is 16.8 Å². The van der Waals surface area contributed by atoms with Crippen LogP contribution in [0.4, 0.5) is 11.6 Å². The SMILES string of the molecule is CC(=O)C1=NN(c2ccc(Cl)cc2)c2nc3sc4c(c3c(=O)n2N1)CCCC4. The number of aryl methyl sites for hydroxylation is 2. The second kappa shape index (κ2) is 6.42. The topological polar surface area (TPSA) is 79.6 Å². The number of aromatic nitrogens is 2. The standard InChI is InChI=1S/C19H16ClN5O2S/c1-10(26)16-22-24(12-8-6-11(20)7-9-12)19-21-17-15(18(27)25(19)23-16)13-4-2-3-5-14(13)28-17/h6-9H,2-5H2,1H3,(H,22,23). The van der Waals surface area contributed by atoms with Crippen molar-refractivity contribution in [3.63, 3.8) is 0 Å². The second-order valence-corrected chi connectivity index (χ2v) is 8.37. The van der Waals surface area contributed by atoms with Crippen LogP contribution in [0.5, 0.6) is 0 Å². The van der Waals surface area contributed by atoms with E-state index in [0.29, 0.717) is 26.9 Å². The molecule has 28 heavy (non-hydrogen) atoms. The van der Waals surface area contributed by atoms with E-state index in [9.17, 15) is 9.59 Å². The highest BCUT2D eigenvalue weighted by Gasteiger charge is 2.29. The normalized spacial score (nSPS) is 15.6. The van der Waals surface area contributed by atoms with Crippen molar-refractivity contribution in [2.75, 3.05) is 10.4 Å². The Bertz CT molecular complexity index is 1210. The van der Waals surface area contributed by atoms with Gasteiger partial charge in [-0.3, -0.25) is 15.0 Å². The highest BCUT2D eigenvalue weighted by molar-refractivity contribution is 7.18. The van der Waals surface area contributed by atoms with Crippen LogP contribution in [0, 0.1) is 0 Å². The van der Waals surface area contributed by atoms with Gasteiger partial charge in [0.05, 0.1) is 11.1 Å². The van der Waals surface area contributed by atoms with E-state index < -0.39 is 0 Å². The fourth-order valence-electron chi connectivity index (χ4n) is 3.61. The molecule has 3 aromatic rings. The number of hydrazone groups is 1. The zero-order valence-corrected chi connectivity index (χ0v) is 16.6. The summed E-state index contributed by atoms with van der Waals surface area (Å²) in [6.07, 6.45) is 4.08. The van der Waals surface area contributed by atoms with Gasteiger partial charge in [-0.1, -0.05) is 11.6 Å². The number of benzene rings is 1. The third kappa shape index (κ3) is 2.63. The lowest BCUT2D eigenvalue weighted by Gasteiger charge is -2.27. The Kier molecular flexibility index (Phi) is 3.99. The fraction of sp³-hybridized carbons (Fsp3) is 0.263. The largest absolute Gasteiger partial charge is 0.291 e. The minimum Gasteiger partial charge on any atom is -0.291 e. The van der Waals surface area contributed by atoms with Crippen LogP contribution in [0.1, 0.15) is 30.2 Å². The Morgan fingerprint density at radius 3 is 2.71 bits per heavy atom. The van der Waals surface area contributed by atoms with Crippen molar-refractivity contribution in [1.82, 2.24) is 9.66 Å². The van der Waals surface area contributed by atoms with Crippen molar-refractivity contribution >= 4 is 56.4 Å². The lowest BCUT2D eigenvalue weighted by molar-refractivity contribution is -0.111. The number of carbonyl (C=O) groups is 1. The van der Waals surface area contributed by atoms with E-state index in [0.717, 1.165) is 31.2 Å². The summed E-state index contributed by atoms with van der Waals surface area (Å²) < 4.78 is 1.32. The number of carbonyl (C=O) groups excluding carboxylic acids is 1. The minimum atomic E-state index is -0.274. The summed E-state index contributed by atoms with van der Waals surface area (Å²) in [5.74, 6) is 0.127. The molecule has 0 amide bonds. The molecule has 0 fully saturated rings. The molecule has 0 unspecified atom stereocenters. The van der Waals surface area contributed by atoms with Gasteiger partial charge in [-0.2, -0.15) is 14.7 Å². The maximum Gasteiger partial charge on any atom is 0.283 e. The summed E-state index contributed by atoms with van der Waals surface area (Å²) in [5, 5.41) is 7.12. The first-order valence-corrected chi connectivity index (χ1v) is 10.2. The van der Waals surface area contributed by atoms with Crippen molar-refractivity contribution in [3.05, 3.63) is 50.1 Å². The summed E-state index contributed by atoms with van der Waals surface area (Å²) >= 11 is 7.58. The molecule has 1 aromatic carbocycles. The quantitative estimate of drug-likeness (QED) is 0.694. The number of amidine groups is 1. The zero-order chi connectivity index (χ0) is 19.4. The first-order valence-electron chi connectivity index (χ1n) is 9.02. The number of Topliss-reactive ketones (excluding diaryl/α,β-unsaturated/α-hetero) is 1. The first kappa shape index (κ1) is 17.4. The Labute approximate surface area is 169 Å². The summed E-state index contributed by atoms with van der Waals surface area (Å²) in [6.45, 7) is 1.40. The molecule has 2 aromatic heterocycles. The van der Waals surface area contributed by atoms with Crippen LogP contribution in [-0.4, -0.2) is 21.3 Å². The Hall–Kier alpha value is -2.71. The van der Waals surface area contributed by atoms with E-state index in [-0.39, 0.29) is 17.2 Å². The highest BCUT2D eigenvalue weighted by atomic mass is 35.5. The summed E-state index contributed by atoms with van der Waals surface area (Å²) in [4.78, 5) is 32.1. The number of rotatable bonds is 2. The smallest absolute Gasteiger partial charge is 0.283 e. The van der Waals surface area contributed by atoms with Crippen LogP contribution in [0.3, 0.4) is 0 Å². The van der Waals surface area contributed by atoms with E-state index in [2.05, 4.69) is 10.5 Å². The average molecular weight is 414 g/mol. The van der Waals surface area contributed by atoms with Gasteiger partial charge in [-0.05, 0) is 55.5 Å². The lowest BCUT2D eigenvalue weighted by atomic mass is 9.97. The molecule has 9 heteroatoms. The molecule has 0 bridgehead atoms. The van der Waals surface area contributed by atoms with Crippen molar-refractivity contribution in [2.45, 2.75) is 32.6 Å². The second-order valence-electron chi connectivity index (χ2n) is 6.85. The lowest BCUT2D eigenvalue weighted by Crippen LogP contribution is -2.44. The van der Waals surface area contributed by atoms with Crippen molar-refractivity contribution < 1.29 is 4.79 Å². The molecular formula is C19H16ClN5O2S. The Balaban J connectivity index is 1.77. The number of nitrogens with zero attached hydrogens (tertiary/aromatic N) is 4. The van der Waals surface area contributed by atoms with E-state index in [1.807, 2.05) is 0 Å². The number of halogens is 1. The maximum absolute atomic E-state index is 13.4. The molecule has 0 radical (unpaired) electrons. The highest BCUT2D eigenvalue weighted by Crippen LogP contribution is 2.36. The molecule has 0 atom stereocenters. The van der Waals surface area contributed by atoms with Gasteiger partial charge < -0.3 is 0 Å². The minimum absolute atomic E-state index is 0.0785. The van der Waals surface area contributed by atoms with Crippen molar-refractivity contribution in [2.24, 2.45) is 5.10 Å². The summed E-state index contributed by atoms with van der Waals surface area (Å²) in [5.41, 5.74) is 4.40. The van der Waals surface area contributed by atoms with Crippen molar-refractivity contribution in [1.29, 1.82) is 0 Å². The molecule has 7 nitrogen and oxygen atoms in total. The number of anilines is 2. The van der Waals surface area contributed by atoms with Crippen LogP contribution in [-0.2, 0) is 17.6 Å². The molecule has 0 spiro atoms. The maximum atomic E-state index is 13.4. The predicted molar refractivity (Wildman–Crippen MR) is 112 cm³/mol. The van der Waals surface area contributed by atoms with Crippen molar-refractivity contribution in [3.8, 4) is 0 Å². The van der Waals surface area contributed by atoms with E-state index >= 15 is 0 Å². The molecule has 1 aliphatic heterocycles. The van der Waals surface area contributed by atoms with Crippen LogP contribution < -0.4 is 16.0 Å². The third-order valence-electron chi connectivity index (χ3n) is 4.98. The number of fused-ring (bicyclic) bond motifs is 4. The summed E-state index contributed by atoms with van der Waals surface area (Å²) in [6, 6.07) is 7.00. The number of hydrogen-bond acceptors (Lipinski definition) is 7. The molecule has 0 saturated heterocycles. The Morgan fingerprint density at radius 1 is 1.21 bits per heavy atom. The fourth-order valence-corrected chi connectivity index (χ4v) is 4.99. The van der Waals surface area contributed by atoms with Crippen LogP contribution in [0.25, 0.3) is 10.2 Å². The molecule has 142 valence electrons. The van der Waals surface area contributed by atoms with Gasteiger partial charge in [0.15, 0.2) is 5.78 Å². The van der Waals surface area contributed by atoms with Gasteiger partial charge in [0.1, 0.15) is 4.83 Å². The number of hydrogen-bond donors (Lipinski definition) is 1. The Morgan fingerprint density at radius 2 is 1.96 bits per heavy atom. The van der Waals surface area contributed by atoms with Gasteiger partial charge in [0.2, 0.25) is 5.84 Å². The number of ketones is 1. The number of nitrogens with one attached hydrogen (secondary N) is 1. The zero-order valence-electron chi connectivity index (χ0n) is 15.0. The monoisotopic (exact) mass is 413 g/mol. The predicted octanol–water partition coefficient (Wildman–Crippen LogP) is 3.59. The molecule has 1 N–H and O–H groups in total. The molecule has 2 aliphatic rings. The van der Waals surface area contributed by atoms with Crippen LogP contribution in [0.2, 0.25) is 5.02 Å². The van der Waals surface area contributed by atoms with Gasteiger partial charge in [-0.25, -0.2) is 0 Å². The third-order valence-corrected chi connectivity index (χ3v) is 6.42. The van der Waals surface area contributed by atoms with E-state index in [4.69, 9.17) is 16.6 Å². The molecule has 1 aliphatic carbocycles. The average Bonchev–Trinajstić information content (AvgIpc) is 3.07. The van der Waals surface area contributed by atoms with E-state index in [1.165, 1.54) is 21.5 Å². The number of thiophene rings is 1. The first-order chi connectivity index (χ1) is 13.5. The van der Waals surface area contributed by atoms with E-state index in [1.54, 1.807) is 35.6 Å². The molecule has 5 rings (SSSR count). The van der Waals surface area contributed by atoms with Gasteiger partial charge >= 0.3 is 0 Å².